The third-order valence-electron chi connectivity index (χ3n) is 6.58. The van der Waals surface area contributed by atoms with Gasteiger partial charge in [0.2, 0.25) is 0 Å². The maximum atomic E-state index is 12.8. The minimum absolute atomic E-state index is 0.108. The zero-order valence-corrected chi connectivity index (χ0v) is 18.2. The van der Waals surface area contributed by atoms with Gasteiger partial charge in [-0.15, -0.1) is 0 Å². The van der Waals surface area contributed by atoms with Crippen LogP contribution in [-0.4, -0.2) is 36.0 Å². The van der Waals surface area contributed by atoms with Gasteiger partial charge < -0.3 is 10.1 Å². The predicted molar refractivity (Wildman–Crippen MR) is 120 cm³/mol. The van der Waals surface area contributed by atoms with Crippen LogP contribution < -0.4 is 10.1 Å². The van der Waals surface area contributed by atoms with E-state index in [0.29, 0.717) is 23.0 Å². The van der Waals surface area contributed by atoms with E-state index in [-0.39, 0.29) is 11.9 Å². The molecule has 4 nitrogen and oxygen atoms in total. The molecule has 3 aromatic rings. The van der Waals surface area contributed by atoms with Gasteiger partial charge in [-0.25, -0.2) is 0 Å². The van der Waals surface area contributed by atoms with Crippen molar-refractivity contribution in [2.24, 2.45) is 5.92 Å². The van der Waals surface area contributed by atoms with Crippen molar-refractivity contribution in [3.63, 3.8) is 0 Å². The summed E-state index contributed by atoms with van der Waals surface area (Å²) >= 11 is 0. The van der Waals surface area contributed by atoms with Gasteiger partial charge in [-0.05, 0) is 73.7 Å². The molecule has 1 saturated carbocycles. The zero-order chi connectivity index (χ0) is 23.2. The Morgan fingerprint density at radius 3 is 2.45 bits per heavy atom. The number of benzene rings is 3. The fraction of sp³-hybridized carbons (Fsp3) is 0.346. The van der Waals surface area contributed by atoms with Crippen LogP contribution in [0.25, 0.3) is 10.8 Å². The Balaban J connectivity index is 1.27. The third-order valence-corrected chi connectivity index (χ3v) is 6.58. The summed E-state index contributed by atoms with van der Waals surface area (Å²) < 4.78 is 44.2. The van der Waals surface area contributed by atoms with Crippen LogP contribution in [0.1, 0.15) is 35.7 Å². The average Bonchev–Trinajstić information content (AvgIpc) is 3.57. The molecule has 3 aromatic carbocycles. The molecule has 1 N–H and O–H groups in total. The van der Waals surface area contributed by atoms with Gasteiger partial charge in [-0.2, -0.15) is 13.2 Å². The Kier molecular flexibility index (Phi) is 5.52. The first-order valence-corrected chi connectivity index (χ1v) is 11.2. The predicted octanol–water partition coefficient (Wildman–Crippen LogP) is 5.86. The number of hydrogen-bond donors (Lipinski definition) is 1. The highest BCUT2D eigenvalue weighted by atomic mass is 19.4. The largest absolute Gasteiger partial charge is 0.457 e. The van der Waals surface area contributed by atoms with E-state index in [2.05, 4.69) is 17.1 Å². The normalized spacial score (nSPS) is 18.1. The second-order valence-electron chi connectivity index (χ2n) is 9.02. The molecule has 0 radical (unpaired) electrons. The minimum Gasteiger partial charge on any atom is -0.457 e. The molecule has 7 heteroatoms. The Hall–Kier alpha value is -3.06. The van der Waals surface area contributed by atoms with Gasteiger partial charge in [-0.1, -0.05) is 12.1 Å². The van der Waals surface area contributed by atoms with Crippen molar-refractivity contribution in [3.8, 4) is 11.5 Å². The lowest BCUT2D eigenvalue weighted by Crippen LogP contribution is -2.56. The fourth-order valence-corrected chi connectivity index (χ4v) is 4.33. The van der Waals surface area contributed by atoms with Crippen LogP contribution in [0, 0.1) is 5.92 Å². The standard InChI is InChI=1S/C26H25F3N2O2/c1-16(19-14-31(15-19)21-8-9-21)30-25(32)18-5-12-23-17(13-18)3-2-4-24(23)33-22-10-6-20(7-11-22)26(27,28)29/h2-7,10-13,16,19,21H,8-9,14-15H2,1H3,(H,30,32). The first kappa shape index (κ1) is 21.8. The van der Waals surface area contributed by atoms with Gasteiger partial charge in [0.15, 0.2) is 0 Å². The maximum absolute atomic E-state index is 12.8. The number of alkyl halides is 3. The molecule has 1 unspecified atom stereocenters. The molecule has 1 atom stereocenters. The van der Waals surface area contributed by atoms with Crippen molar-refractivity contribution in [2.45, 2.75) is 38.0 Å². The lowest BCUT2D eigenvalue weighted by atomic mass is 9.92. The van der Waals surface area contributed by atoms with Crippen LogP contribution in [0.4, 0.5) is 13.2 Å². The number of likely N-dealkylation sites (tertiary alicyclic amines) is 1. The van der Waals surface area contributed by atoms with Crippen LogP contribution in [0.2, 0.25) is 0 Å². The monoisotopic (exact) mass is 454 g/mol. The second-order valence-corrected chi connectivity index (χ2v) is 9.02. The number of rotatable bonds is 6. The number of carbonyl (C=O) groups excluding carboxylic acids is 1. The molecule has 1 saturated heterocycles. The molecule has 33 heavy (non-hydrogen) atoms. The average molecular weight is 454 g/mol. The summed E-state index contributed by atoms with van der Waals surface area (Å²) in [4.78, 5) is 15.3. The van der Waals surface area contributed by atoms with E-state index >= 15 is 0 Å². The van der Waals surface area contributed by atoms with Crippen molar-refractivity contribution >= 4 is 16.7 Å². The molecule has 0 bridgehead atoms. The molecule has 172 valence electrons. The summed E-state index contributed by atoms with van der Waals surface area (Å²) in [6.45, 7) is 4.16. The summed E-state index contributed by atoms with van der Waals surface area (Å²) in [5.74, 6) is 1.20. The summed E-state index contributed by atoms with van der Waals surface area (Å²) in [5.41, 5.74) is -0.154. The Morgan fingerprint density at radius 1 is 1.06 bits per heavy atom. The molecular formula is C26H25F3N2O2. The number of ether oxygens (including phenoxy) is 1. The van der Waals surface area contributed by atoms with Crippen LogP contribution in [0.5, 0.6) is 11.5 Å². The first-order chi connectivity index (χ1) is 15.8. The highest BCUT2D eigenvalue weighted by molar-refractivity contribution is 6.00. The van der Waals surface area contributed by atoms with Gasteiger partial charge in [0.25, 0.3) is 5.91 Å². The van der Waals surface area contributed by atoms with Crippen molar-refractivity contribution in [2.75, 3.05) is 13.1 Å². The number of hydrogen-bond acceptors (Lipinski definition) is 3. The molecule has 1 heterocycles. The summed E-state index contributed by atoms with van der Waals surface area (Å²) in [7, 11) is 0. The number of nitrogens with zero attached hydrogens (tertiary/aromatic N) is 1. The smallest absolute Gasteiger partial charge is 0.416 e. The number of amides is 1. The summed E-state index contributed by atoms with van der Waals surface area (Å²) in [6, 6.07) is 16.3. The molecule has 0 spiro atoms. The van der Waals surface area contributed by atoms with E-state index in [1.165, 1.54) is 25.0 Å². The molecule has 5 rings (SSSR count). The van der Waals surface area contributed by atoms with Gasteiger partial charge in [-0.3, -0.25) is 9.69 Å². The fourth-order valence-electron chi connectivity index (χ4n) is 4.33. The highest BCUT2D eigenvalue weighted by Crippen LogP contribution is 2.35. The van der Waals surface area contributed by atoms with E-state index < -0.39 is 11.7 Å². The molecule has 1 aliphatic heterocycles. The molecule has 1 amide bonds. The molecule has 2 fully saturated rings. The van der Waals surface area contributed by atoms with Gasteiger partial charge >= 0.3 is 6.18 Å². The Morgan fingerprint density at radius 2 is 1.79 bits per heavy atom. The number of nitrogens with one attached hydrogen (secondary N) is 1. The quantitative estimate of drug-likeness (QED) is 0.507. The van der Waals surface area contributed by atoms with Crippen LogP contribution in [-0.2, 0) is 6.18 Å². The third kappa shape index (κ3) is 4.69. The highest BCUT2D eigenvalue weighted by Gasteiger charge is 2.40. The van der Waals surface area contributed by atoms with E-state index in [1.807, 2.05) is 18.2 Å². The van der Waals surface area contributed by atoms with Crippen molar-refractivity contribution in [3.05, 3.63) is 71.8 Å². The Bertz CT molecular complexity index is 1170. The van der Waals surface area contributed by atoms with E-state index in [0.717, 1.165) is 42.0 Å². The van der Waals surface area contributed by atoms with Crippen molar-refractivity contribution in [1.29, 1.82) is 0 Å². The van der Waals surface area contributed by atoms with E-state index in [9.17, 15) is 18.0 Å². The van der Waals surface area contributed by atoms with Gasteiger partial charge in [0, 0.05) is 42.0 Å². The van der Waals surface area contributed by atoms with Crippen molar-refractivity contribution < 1.29 is 22.7 Å². The topological polar surface area (TPSA) is 41.6 Å². The summed E-state index contributed by atoms with van der Waals surface area (Å²) in [5, 5.41) is 4.73. The van der Waals surface area contributed by atoms with Gasteiger partial charge in [0.1, 0.15) is 11.5 Å². The molecule has 2 aliphatic rings. The van der Waals surface area contributed by atoms with Crippen molar-refractivity contribution in [1.82, 2.24) is 10.2 Å². The van der Waals surface area contributed by atoms with E-state index in [4.69, 9.17) is 4.74 Å². The zero-order valence-electron chi connectivity index (χ0n) is 18.2. The number of carbonyl (C=O) groups is 1. The lowest BCUT2D eigenvalue weighted by Gasteiger charge is -2.42. The maximum Gasteiger partial charge on any atom is 0.416 e. The number of halogens is 3. The number of fused-ring (bicyclic) bond motifs is 1. The first-order valence-electron chi connectivity index (χ1n) is 11.2. The lowest BCUT2D eigenvalue weighted by molar-refractivity contribution is -0.137. The molecule has 1 aliphatic carbocycles. The van der Waals surface area contributed by atoms with Crippen LogP contribution in [0.15, 0.2) is 60.7 Å². The van der Waals surface area contributed by atoms with E-state index in [1.54, 1.807) is 18.2 Å². The van der Waals surface area contributed by atoms with Crippen LogP contribution >= 0.6 is 0 Å². The van der Waals surface area contributed by atoms with Gasteiger partial charge in [0.05, 0.1) is 5.56 Å². The minimum atomic E-state index is -4.39. The molecule has 0 aromatic heterocycles. The van der Waals surface area contributed by atoms with Crippen LogP contribution in [0.3, 0.4) is 0 Å². The SMILES string of the molecule is CC(NC(=O)c1ccc2c(Oc3ccc(C(F)(F)F)cc3)cccc2c1)C1CN(C2CC2)C1. The second kappa shape index (κ2) is 8.37. The Labute approximate surface area is 190 Å². The summed E-state index contributed by atoms with van der Waals surface area (Å²) in [6.07, 6.45) is -1.79. The molecular weight excluding hydrogens is 429 g/mol.